The minimum Gasteiger partial charge on any atom is -0.506 e. The molecule has 94 valence electrons. The summed E-state index contributed by atoms with van der Waals surface area (Å²) in [7, 11) is 2.11. The predicted molar refractivity (Wildman–Crippen MR) is 71.3 cm³/mol. The number of phenolic OH excluding ortho intramolecular Hbond substituents is 1. The Bertz CT molecular complexity index is 417. The van der Waals surface area contributed by atoms with Crippen molar-refractivity contribution in [1.29, 1.82) is 0 Å². The summed E-state index contributed by atoms with van der Waals surface area (Å²) >= 11 is 6.07. The van der Waals surface area contributed by atoms with E-state index in [-0.39, 0.29) is 5.75 Å². The molecule has 1 aliphatic rings. The molecular formula is C14H20ClNO. The van der Waals surface area contributed by atoms with Crippen LogP contribution in [0.1, 0.15) is 25.8 Å². The van der Waals surface area contributed by atoms with Crippen LogP contribution >= 0.6 is 11.6 Å². The fraction of sp³-hybridized carbons (Fsp3) is 0.571. The Morgan fingerprint density at radius 2 is 2.12 bits per heavy atom. The maximum absolute atomic E-state index is 9.54. The lowest BCUT2D eigenvalue weighted by atomic mass is 10.1. The number of hydrogen-bond acceptors (Lipinski definition) is 2. The summed E-state index contributed by atoms with van der Waals surface area (Å²) in [6, 6.07) is 5.43. The van der Waals surface area contributed by atoms with Crippen molar-refractivity contribution >= 4 is 11.6 Å². The number of halogens is 1. The Balaban J connectivity index is 1.94. The molecule has 1 N–H and O–H groups in total. The lowest BCUT2D eigenvalue weighted by Gasteiger charge is -2.18. The van der Waals surface area contributed by atoms with Crippen LogP contribution in [0.4, 0.5) is 0 Å². The van der Waals surface area contributed by atoms with Crippen molar-refractivity contribution in [2.45, 2.75) is 26.8 Å². The second-order valence-electron chi connectivity index (χ2n) is 5.84. The van der Waals surface area contributed by atoms with Crippen molar-refractivity contribution < 1.29 is 5.11 Å². The van der Waals surface area contributed by atoms with Crippen LogP contribution in [0.15, 0.2) is 18.2 Å². The van der Waals surface area contributed by atoms with Crippen LogP contribution in [0, 0.1) is 11.3 Å². The highest BCUT2D eigenvalue weighted by Gasteiger charge is 2.45. The molecule has 0 radical (unpaired) electrons. The first-order chi connectivity index (χ1) is 7.90. The van der Waals surface area contributed by atoms with E-state index < -0.39 is 0 Å². The fourth-order valence-corrected chi connectivity index (χ4v) is 2.49. The summed E-state index contributed by atoms with van der Waals surface area (Å²) in [5.74, 6) is 0.966. The van der Waals surface area contributed by atoms with Gasteiger partial charge in [-0.15, -0.1) is 0 Å². The van der Waals surface area contributed by atoms with Gasteiger partial charge in [0.05, 0.1) is 5.02 Å². The van der Waals surface area contributed by atoms with Gasteiger partial charge in [-0.3, -0.25) is 0 Å². The van der Waals surface area contributed by atoms with E-state index in [1.165, 1.54) is 6.42 Å². The monoisotopic (exact) mass is 253 g/mol. The first kappa shape index (κ1) is 12.7. The van der Waals surface area contributed by atoms with Crippen molar-refractivity contribution in [1.82, 2.24) is 4.90 Å². The Hall–Kier alpha value is -0.730. The lowest BCUT2D eigenvalue weighted by molar-refractivity contribution is 0.295. The largest absolute Gasteiger partial charge is 0.506 e. The van der Waals surface area contributed by atoms with Gasteiger partial charge in [0, 0.05) is 13.1 Å². The molecule has 1 unspecified atom stereocenters. The van der Waals surface area contributed by atoms with Gasteiger partial charge in [-0.05, 0) is 36.4 Å². The second kappa shape index (κ2) is 4.51. The Morgan fingerprint density at radius 1 is 1.47 bits per heavy atom. The van der Waals surface area contributed by atoms with E-state index in [9.17, 15) is 5.11 Å². The molecule has 1 saturated carbocycles. The van der Waals surface area contributed by atoms with Crippen LogP contribution in [0.2, 0.25) is 5.02 Å². The smallest absolute Gasteiger partial charge is 0.134 e. The molecule has 1 atom stereocenters. The van der Waals surface area contributed by atoms with E-state index in [1.54, 1.807) is 6.07 Å². The van der Waals surface area contributed by atoms with E-state index in [2.05, 4.69) is 25.8 Å². The number of hydrogen-bond donors (Lipinski definition) is 1. The molecule has 0 aromatic heterocycles. The van der Waals surface area contributed by atoms with Gasteiger partial charge in [-0.25, -0.2) is 0 Å². The topological polar surface area (TPSA) is 23.5 Å². The third-order valence-corrected chi connectivity index (χ3v) is 4.18. The molecule has 0 amide bonds. The van der Waals surface area contributed by atoms with E-state index in [1.807, 2.05) is 12.1 Å². The SMILES string of the molecule is CN(Cc1cccc(O)c1Cl)CC1CC1(C)C. The Kier molecular flexibility index (Phi) is 3.37. The molecule has 0 heterocycles. The van der Waals surface area contributed by atoms with Crippen LogP contribution in [0.25, 0.3) is 0 Å². The highest BCUT2D eigenvalue weighted by atomic mass is 35.5. The Labute approximate surface area is 108 Å². The van der Waals surface area contributed by atoms with Gasteiger partial charge in [0.1, 0.15) is 5.75 Å². The molecule has 0 bridgehead atoms. The minimum atomic E-state index is 0.171. The van der Waals surface area contributed by atoms with Crippen molar-refractivity contribution in [2.24, 2.45) is 11.3 Å². The molecular weight excluding hydrogens is 234 g/mol. The molecule has 17 heavy (non-hydrogen) atoms. The summed E-state index contributed by atoms with van der Waals surface area (Å²) in [4.78, 5) is 2.28. The summed E-state index contributed by atoms with van der Waals surface area (Å²) in [5.41, 5.74) is 1.50. The number of aromatic hydroxyl groups is 1. The third-order valence-electron chi connectivity index (χ3n) is 3.75. The highest BCUT2D eigenvalue weighted by Crippen LogP contribution is 2.51. The molecule has 1 fully saturated rings. The minimum absolute atomic E-state index is 0.171. The summed E-state index contributed by atoms with van der Waals surface area (Å²) in [6.07, 6.45) is 1.31. The van der Waals surface area contributed by atoms with Gasteiger partial charge in [-0.2, -0.15) is 0 Å². The van der Waals surface area contributed by atoms with E-state index in [0.717, 1.165) is 24.6 Å². The molecule has 0 spiro atoms. The molecule has 3 heteroatoms. The standard InChI is InChI=1S/C14H20ClNO/c1-14(2)7-11(14)9-16(3)8-10-5-4-6-12(17)13(10)15/h4-6,11,17H,7-9H2,1-3H3. The second-order valence-corrected chi connectivity index (χ2v) is 6.21. The zero-order valence-corrected chi connectivity index (χ0v) is 11.5. The average molecular weight is 254 g/mol. The number of benzene rings is 1. The molecule has 1 aromatic rings. The maximum atomic E-state index is 9.54. The molecule has 2 nitrogen and oxygen atoms in total. The number of nitrogens with zero attached hydrogens (tertiary/aromatic N) is 1. The van der Waals surface area contributed by atoms with Crippen LogP contribution < -0.4 is 0 Å². The van der Waals surface area contributed by atoms with Crippen LogP contribution in [0.5, 0.6) is 5.75 Å². The van der Waals surface area contributed by atoms with Crippen molar-refractivity contribution in [3.8, 4) is 5.75 Å². The van der Waals surface area contributed by atoms with Crippen molar-refractivity contribution in [3.05, 3.63) is 28.8 Å². The van der Waals surface area contributed by atoms with Gasteiger partial charge in [0.25, 0.3) is 0 Å². The van der Waals surface area contributed by atoms with Crippen LogP contribution in [-0.4, -0.2) is 23.6 Å². The quantitative estimate of drug-likeness (QED) is 0.888. The van der Waals surface area contributed by atoms with E-state index >= 15 is 0 Å². The summed E-state index contributed by atoms with van der Waals surface area (Å²) in [5, 5.41) is 10.0. The van der Waals surface area contributed by atoms with Gasteiger partial charge < -0.3 is 10.0 Å². The van der Waals surface area contributed by atoms with Gasteiger partial charge >= 0.3 is 0 Å². The highest BCUT2D eigenvalue weighted by molar-refractivity contribution is 6.32. The normalized spacial score (nSPS) is 21.8. The zero-order chi connectivity index (χ0) is 12.6. The lowest BCUT2D eigenvalue weighted by Crippen LogP contribution is -2.22. The molecule has 1 aromatic carbocycles. The number of phenols is 1. The molecule has 1 aliphatic carbocycles. The van der Waals surface area contributed by atoms with Crippen LogP contribution in [-0.2, 0) is 6.54 Å². The fourth-order valence-electron chi connectivity index (χ4n) is 2.31. The first-order valence-electron chi connectivity index (χ1n) is 6.05. The Morgan fingerprint density at radius 3 is 2.71 bits per heavy atom. The first-order valence-corrected chi connectivity index (χ1v) is 6.43. The molecule has 2 rings (SSSR count). The average Bonchev–Trinajstić information content (AvgIpc) is 2.81. The summed E-state index contributed by atoms with van der Waals surface area (Å²) < 4.78 is 0. The maximum Gasteiger partial charge on any atom is 0.134 e. The molecule has 0 saturated heterocycles. The van der Waals surface area contributed by atoms with Crippen LogP contribution in [0.3, 0.4) is 0 Å². The predicted octanol–water partition coefficient (Wildman–Crippen LogP) is 3.52. The van der Waals surface area contributed by atoms with Gasteiger partial charge in [0.15, 0.2) is 0 Å². The number of rotatable bonds is 4. The summed E-state index contributed by atoms with van der Waals surface area (Å²) in [6.45, 7) is 6.51. The third kappa shape index (κ3) is 2.93. The van der Waals surface area contributed by atoms with Gasteiger partial charge in [-0.1, -0.05) is 37.6 Å². The molecule has 0 aliphatic heterocycles. The van der Waals surface area contributed by atoms with E-state index in [0.29, 0.717) is 10.4 Å². The van der Waals surface area contributed by atoms with Crippen molar-refractivity contribution in [3.63, 3.8) is 0 Å². The van der Waals surface area contributed by atoms with Crippen molar-refractivity contribution in [2.75, 3.05) is 13.6 Å². The van der Waals surface area contributed by atoms with E-state index in [4.69, 9.17) is 11.6 Å². The van der Waals surface area contributed by atoms with Gasteiger partial charge in [0.2, 0.25) is 0 Å². The zero-order valence-electron chi connectivity index (χ0n) is 10.7.